The van der Waals surface area contributed by atoms with Gasteiger partial charge < -0.3 is 5.32 Å². The van der Waals surface area contributed by atoms with E-state index < -0.39 is 5.82 Å². The minimum absolute atomic E-state index is 0. The highest BCUT2D eigenvalue weighted by Crippen LogP contribution is 2.30. The number of halogens is 3. The highest BCUT2D eigenvalue weighted by atomic mass is 35.5. The summed E-state index contributed by atoms with van der Waals surface area (Å²) in [4.78, 5) is 4.24. The molecule has 2 aromatic carbocycles. The van der Waals surface area contributed by atoms with Crippen LogP contribution in [0, 0.1) is 17.1 Å². The molecule has 0 aliphatic rings. The molecule has 6 heteroatoms. The number of nitriles is 1. The van der Waals surface area contributed by atoms with Crippen molar-refractivity contribution < 1.29 is 4.39 Å². The fourth-order valence-corrected chi connectivity index (χ4v) is 2.26. The van der Waals surface area contributed by atoms with E-state index in [0.29, 0.717) is 16.9 Å². The van der Waals surface area contributed by atoms with Crippen LogP contribution in [0.25, 0.3) is 10.9 Å². The molecule has 0 unspecified atom stereocenters. The van der Waals surface area contributed by atoms with E-state index in [9.17, 15) is 9.65 Å². The van der Waals surface area contributed by atoms with E-state index >= 15 is 0 Å². The fraction of sp³-hybridized carbons (Fsp3) is 0. The summed E-state index contributed by atoms with van der Waals surface area (Å²) in [5, 5.41) is 13.2. The molecule has 1 N–H and O–H groups in total. The molecule has 22 heavy (non-hydrogen) atoms. The van der Waals surface area contributed by atoms with Crippen molar-refractivity contribution in [2.75, 3.05) is 5.32 Å². The standard InChI is InChI=1S/C16H9ClFN3.ClH/c17-13-7-11(5-6-14(13)18)21-16-10(8-19)9-20-15-4-2-1-3-12(15)16;/h1-7,9H,(H,20,21);1H. The van der Waals surface area contributed by atoms with Crippen molar-refractivity contribution in [1.29, 1.82) is 5.26 Å². The SMILES string of the molecule is Cl.N#Cc1cnc2ccccc2c1Nc1ccc(F)c(Cl)c1. The average Bonchev–Trinajstić information content (AvgIpc) is 2.51. The van der Waals surface area contributed by atoms with Gasteiger partial charge in [0.05, 0.1) is 21.8 Å². The molecular formula is C16H10Cl2FN3. The van der Waals surface area contributed by atoms with Crippen LogP contribution in [0.4, 0.5) is 15.8 Å². The van der Waals surface area contributed by atoms with Crippen molar-refractivity contribution in [3.63, 3.8) is 0 Å². The van der Waals surface area contributed by atoms with Crippen LogP contribution in [0.2, 0.25) is 5.02 Å². The number of pyridine rings is 1. The molecule has 0 atom stereocenters. The smallest absolute Gasteiger partial charge is 0.141 e. The predicted octanol–water partition coefficient (Wildman–Crippen LogP) is 5.06. The summed E-state index contributed by atoms with van der Waals surface area (Å²) in [5.41, 5.74) is 2.42. The molecule has 0 aliphatic heterocycles. The van der Waals surface area contributed by atoms with Crippen molar-refractivity contribution in [2.24, 2.45) is 0 Å². The first-order valence-electron chi connectivity index (χ1n) is 6.19. The van der Waals surface area contributed by atoms with Crippen molar-refractivity contribution in [3.8, 4) is 6.07 Å². The third-order valence-electron chi connectivity index (χ3n) is 3.08. The Kier molecular flexibility index (Phi) is 4.81. The van der Waals surface area contributed by atoms with E-state index in [-0.39, 0.29) is 17.4 Å². The molecule has 0 fully saturated rings. The number of anilines is 2. The van der Waals surface area contributed by atoms with Crippen molar-refractivity contribution in [2.45, 2.75) is 0 Å². The molecule has 1 heterocycles. The first kappa shape index (κ1) is 16.0. The molecule has 0 spiro atoms. The Morgan fingerprint density at radius 1 is 1.18 bits per heavy atom. The molecule has 0 saturated carbocycles. The Morgan fingerprint density at radius 3 is 2.68 bits per heavy atom. The number of fused-ring (bicyclic) bond motifs is 1. The Hall–Kier alpha value is -2.35. The Bertz CT molecular complexity index is 875. The average molecular weight is 334 g/mol. The van der Waals surface area contributed by atoms with Gasteiger partial charge in [0, 0.05) is 17.3 Å². The highest BCUT2D eigenvalue weighted by Gasteiger charge is 2.09. The number of hydrogen-bond donors (Lipinski definition) is 1. The van der Waals surface area contributed by atoms with Crippen molar-refractivity contribution in [1.82, 2.24) is 4.98 Å². The number of benzene rings is 2. The first-order valence-corrected chi connectivity index (χ1v) is 6.57. The Balaban J connectivity index is 0.00000176. The van der Waals surface area contributed by atoms with Gasteiger partial charge in [-0.15, -0.1) is 12.4 Å². The summed E-state index contributed by atoms with van der Waals surface area (Å²) >= 11 is 5.78. The largest absolute Gasteiger partial charge is 0.354 e. The summed E-state index contributed by atoms with van der Waals surface area (Å²) in [6.07, 6.45) is 1.51. The maximum absolute atomic E-state index is 13.2. The maximum Gasteiger partial charge on any atom is 0.141 e. The topological polar surface area (TPSA) is 48.7 Å². The monoisotopic (exact) mass is 333 g/mol. The first-order chi connectivity index (χ1) is 10.2. The summed E-state index contributed by atoms with van der Waals surface area (Å²) in [6, 6.07) is 13.9. The van der Waals surface area contributed by atoms with Crippen LogP contribution in [-0.2, 0) is 0 Å². The predicted molar refractivity (Wildman–Crippen MR) is 88.4 cm³/mol. The summed E-state index contributed by atoms with van der Waals surface area (Å²) in [5.74, 6) is -0.484. The van der Waals surface area contributed by atoms with Crippen LogP contribution in [-0.4, -0.2) is 4.98 Å². The number of para-hydroxylation sites is 1. The third-order valence-corrected chi connectivity index (χ3v) is 3.37. The Labute approximate surface area is 137 Å². The zero-order valence-corrected chi connectivity index (χ0v) is 12.7. The minimum Gasteiger partial charge on any atom is -0.354 e. The second kappa shape index (κ2) is 6.61. The lowest BCUT2D eigenvalue weighted by atomic mass is 10.1. The van der Waals surface area contributed by atoms with Gasteiger partial charge in [0.1, 0.15) is 11.9 Å². The van der Waals surface area contributed by atoms with Crippen LogP contribution in [0.1, 0.15) is 5.56 Å². The molecule has 3 rings (SSSR count). The summed E-state index contributed by atoms with van der Waals surface area (Å²) < 4.78 is 13.2. The summed E-state index contributed by atoms with van der Waals surface area (Å²) in [6.45, 7) is 0. The zero-order chi connectivity index (χ0) is 14.8. The number of nitrogens with one attached hydrogen (secondary N) is 1. The number of rotatable bonds is 2. The number of aromatic nitrogens is 1. The third kappa shape index (κ3) is 2.96. The molecule has 1 aromatic heterocycles. The van der Waals surface area contributed by atoms with E-state index in [1.807, 2.05) is 24.3 Å². The molecular weight excluding hydrogens is 324 g/mol. The van der Waals surface area contributed by atoms with Gasteiger partial charge in [0.15, 0.2) is 0 Å². The van der Waals surface area contributed by atoms with Crippen LogP contribution in [0.3, 0.4) is 0 Å². The fourth-order valence-electron chi connectivity index (χ4n) is 2.08. The maximum atomic E-state index is 13.2. The lowest BCUT2D eigenvalue weighted by Crippen LogP contribution is -1.97. The summed E-state index contributed by atoms with van der Waals surface area (Å²) in [7, 11) is 0. The molecule has 0 bridgehead atoms. The van der Waals surface area contributed by atoms with Crippen molar-refractivity contribution in [3.05, 3.63) is 65.1 Å². The molecule has 0 radical (unpaired) electrons. The van der Waals surface area contributed by atoms with Gasteiger partial charge in [0.2, 0.25) is 0 Å². The van der Waals surface area contributed by atoms with Crippen LogP contribution >= 0.6 is 24.0 Å². The molecule has 3 aromatic rings. The van der Waals surface area contributed by atoms with E-state index in [0.717, 1.165) is 10.9 Å². The van der Waals surface area contributed by atoms with E-state index in [4.69, 9.17) is 11.6 Å². The molecule has 0 aliphatic carbocycles. The van der Waals surface area contributed by atoms with Crippen LogP contribution in [0.5, 0.6) is 0 Å². The lowest BCUT2D eigenvalue weighted by molar-refractivity contribution is 0.628. The van der Waals surface area contributed by atoms with Gasteiger partial charge in [-0.2, -0.15) is 5.26 Å². The lowest BCUT2D eigenvalue weighted by Gasteiger charge is -2.11. The van der Waals surface area contributed by atoms with Gasteiger partial charge in [-0.1, -0.05) is 29.8 Å². The van der Waals surface area contributed by atoms with Crippen LogP contribution < -0.4 is 5.32 Å². The van der Waals surface area contributed by atoms with Gasteiger partial charge in [-0.3, -0.25) is 4.98 Å². The highest BCUT2D eigenvalue weighted by molar-refractivity contribution is 6.31. The Morgan fingerprint density at radius 2 is 1.95 bits per heavy atom. The van der Waals surface area contributed by atoms with Gasteiger partial charge in [-0.05, 0) is 24.3 Å². The van der Waals surface area contributed by atoms with Crippen LogP contribution in [0.15, 0.2) is 48.7 Å². The van der Waals surface area contributed by atoms with Gasteiger partial charge >= 0.3 is 0 Å². The van der Waals surface area contributed by atoms with Gasteiger partial charge in [-0.25, -0.2) is 4.39 Å². The molecule has 0 saturated heterocycles. The minimum atomic E-state index is -0.484. The van der Waals surface area contributed by atoms with E-state index in [1.54, 1.807) is 6.07 Å². The quantitative estimate of drug-likeness (QED) is 0.712. The van der Waals surface area contributed by atoms with E-state index in [2.05, 4.69) is 16.4 Å². The van der Waals surface area contributed by atoms with Gasteiger partial charge in [0.25, 0.3) is 0 Å². The normalized spacial score (nSPS) is 9.86. The molecule has 0 amide bonds. The molecule has 3 nitrogen and oxygen atoms in total. The number of hydrogen-bond acceptors (Lipinski definition) is 3. The van der Waals surface area contributed by atoms with E-state index in [1.165, 1.54) is 18.3 Å². The second-order valence-electron chi connectivity index (χ2n) is 4.43. The zero-order valence-electron chi connectivity index (χ0n) is 11.2. The second-order valence-corrected chi connectivity index (χ2v) is 4.84. The number of nitrogens with zero attached hydrogens (tertiary/aromatic N) is 2. The molecule has 110 valence electrons. The van der Waals surface area contributed by atoms with Crippen molar-refractivity contribution >= 4 is 46.3 Å².